The quantitative estimate of drug-likeness (QED) is 0.613. The molecule has 0 aliphatic carbocycles. The van der Waals surface area contributed by atoms with E-state index in [0.29, 0.717) is 11.8 Å². The SMILES string of the molecule is CC(C)C1(C(C)C)CCCSO1. The third-order valence-electron chi connectivity index (χ3n) is 2.96. The van der Waals surface area contributed by atoms with Gasteiger partial charge in [-0.1, -0.05) is 27.7 Å². The second kappa shape index (κ2) is 4.01. The van der Waals surface area contributed by atoms with Gasteiger partial charge < -0.3 is 4.18 Å². The van der Waals surface area contributed by atoms with Crippen LogP contribution in [-0.4, -0.2) is 11.4 Å². The average molecular weight is 188 g/mol. The normalized spacial score (nSPS) is 23.5. The summed E-state index contributed by atoms with van der Waals surface area (Å²) in [5.41, 5.74) is 0.142. The molecule has 0 atom stereocenters. The minimum Gasteiger partial charge on any atom is -0.308 e. The molecule has 0 aromatic carbocycles. The van der Waals surface area contributed by atoms with Gasteiger partial charge >= 0.3 is 0 Å². The Morgan fingerprint density at radius 3 is 2.00 bits per heavy atom. The van der Waals surface area contributed by atoms with E-state index in [0.717, 1.165) is 0 Å². The Morgan fingerprint density at radius 2 is 1.75 bits per heavy atom. The van der Waals surface area contributed by atoms with Crippen molar-refractivity contribution in [3.05, 3.63) is 0 Å². The summed E-state index contributed by atoms with van der Waals surface area (Å²) in [6, 6.07) is 0. The van der Waals surface area contributed by atoms with Gasteiger partial charge in [0, 0.05) is 5.75 Å². The van der Waals surface area contributed by atoms with Crippen LogP contribution >= 0.6 is 12.0 Å². The molecule has 0 saturated carbocycles. The van der Waals surface area contributed by atoms with Crippen molar-refractivity contribution in [1.82, 2.24) is 0 Å². The predicted molar refractivity (Wildman–Crippen MR) is 55.2 cm³/mol. The summed E-state index contributed by atoms with van der Waals surface area (Å²) in [6.07, 6.45) is 2.54. The van der Waals surface area contributed by atoms with E-state index in [1.54, 1.807) is 12.0 Å². The van der Waals surface area contributed by atoms with E-state index in [1.807, 2.05) is 0 Å². The molecule has 0 N–H and O–H groups in total. The molecule has 1 aliphatic heterocycles. The topological polar surface area (TPSA) is 9.23 Å². The average Bonchev–Trinajstić information content (AvgIpc) is 2.05. The zero-order chi connectivity index (χ0) is 9.19. The Labute approximate surface area is 80.5 Å². The molecule has 1 aliphatic rings. The highest BCUT2D eigenvalue weighted by atomic mass is 32.2. The lowest BCUT2D eigenvalue weighted by Crippen LogP contribution is -2.43. The summed E-state index contributed by atoms with van der Waals surface area (Å²) in [5, 5.41) is 0. The summed E-state index contributed by atoms with van der Waals surface area (Å²) in [4.78, 5) is 0. The second-order valence-electron chi connectivity index (χ2n) is 4.27. The predicted octanol–water partition coefficient (Wildman–Crippen LogP) is 3.50. The fraction of sp³-hybridized carbons (Fsp3) is 1.00. The molecule has 1 heterocycles. The van der Waals surface area contributed by atoms with Crippen LogP contribution in [0.5, 0.6) is 0 Å². The molecule has 0 amide bonds. The second-order valence-corrected chi connectivity index (χ2v) is 5.08. The minimum atomic E-state index is 0.142. The molecule has 0 unspecified atom stereocenters. The fourth-order valence-electron chi connectivity index (χ4n) is 2.04. The van der Waals surface area contributed by atoms with Crippen LogP contribution in [0.1, 0.15) is 40.5 Å². The summed E-state index contributed by atoms with van der Waals surface area (Å²) >= 11 is 1.66. The van der Waals surface area contributed by atoms with Gasteiger partial charge in [-0.05, 0) is 36.7 Å². The third kappa shape index (κ3) is 1.80. The highest BCUT2D eigenvalue weighted by molar-refractivity contribution is 7.94. The van der Waals surface area contributed by atoms with E-state index in [-0.39, 0.29) is 5.60 Å². The highest BCUT2D eigenvalue weighted by Gasteiger charge is 2.40. The van der Waals surface area contributed by atoms with Gasteiger partial charge in [0.25, 0.3) is 0 Å². The molecule has 1 rings (SSSR count). The van der Waals surface area contributed by atoms with Crippen molar-refractivity contribution < 1.29 is 4.18 Å². The Hall–Kier alpha value is 0.310. The van der Waals surface area contributed by atoms with Crippen LogP contribution in [0.2, 0.25) is 0 Å². The maximum Gasteiger partial charge on any atom is 0.0874 e. The molecule has 12 heavy (non-hydrogen) atoms. The monoisotopic (exact) mass is 188 g/mol. The Bertz CT molecular complexity index is 127. The Kier molecular flexibility index (Phi) is 3.47. The molecule has 0 radical (unpaired) electrons. The highest BCUT2D eigenvalue weighted by Crippen LogP contribution is 2.41. The number of hydrogen-bond donors (Lipinski definition) is 0. The summed E-state index contributed by atoms with van der Waals surface area (Å²) in [6.45, 7) is 9.08. The molecular formula is C10H20OS. The first kappa shape index (κ1) is 10.4. The van der Waals surface area contributed by atoms with E-state index < -0.39 is 0 Å². The molecule has 1 fully saturated rings. The van der Waals surface area contributed by atoms with E-state index in [2.05, 4.69) is 27.7 Å². The van der Waals surface area contributed by atoms with Crippen LogP contribution in [0.4, 0.5) is 0 Å². The van der Waals surface area contributed by atoms with Gasteiger partial charge in [-0.2, -0.15) is 0 Å². The van der Waals surface area contributed by atoms with Crippen LogP contribution in [-0.2, 0) is 4.18 Å². The van der Waals surface area contributed by atoms with Gasteiger partial charge in [-0.25, -0.2) is 0 Å². The van der Waals surface area contributed by atoms with Crippen molar-refractivity contribution in [3.8, 4) is 0 Å². The van der Waals surface area contributed by atoms with Gasteiger partial charge in [-0.15, -0.1) is 0 Å². The number of hydrogen-bond acceptors (Lipinski definition) is 2. The van der Waals surface area contributed by atoms with Gasteiger partial charge in [0.2, 0.25) is 0 Å². The van der Waals surface area contributed by atoms with Crippen molar-refractivity contribution in [3.63, 3.8) is 0 Å². The molecule has 0 aromatic heterocycles. The molecule has 0 aromatic rings. The van der Waals surface area contributed by atoms with Crippen LogP contribution in [0, 0.1) is 11.8 Å². The molecule has 72 valence electrons. The molecule has 1 nitrogen and oxygen atoms in total. The summed E-state index contributed by atoms with van der Waals surface area (Å²) in [5.74, 6) is 2.43. The third-order valence-corrected chi connectivity index (χ3v) is 3.85. The summed E-state index contributed by atoms with van der Waals surface area (Å²) < 4.78 is 5.91. The lowest BCUT2D eigenvalue weighted by molar-refractivity contribution is -0.0184. The van der Waals surface area contributed by atoms with Crippen molar-refractivity contribution in [2.24, 2.45) is 11.8 Å². The first-order chi connectivity index (χ1) is 5.59. The smallest absolute Gasteiger partial charge is 0.0874 e. The van der Waals surface area contributed by atoms with Crippen LogP contribution in [0.25, 0.3) is 0 Å². The standard InChI is InChI=1S/C10H20OS/c1-8(2)10(9(3)4)6-5-7-12-11-10/h8-9H,5-7H2,1-4H3. The van der Waals surface area contributed by atoms with E-state index in [4.69, 9.17) is 4.18 Å². The van der Waals surface area contributed by atoms with Crippen LogP contribution in [0.3, 0.4) is 0 Å². The fourth-order valence-corrected chi connectivity index (χ4v) is 3.07. The van der Waals surface area contributed by atoms with Crippen molar-refractivity contribution in [2.75, 3.05) is 5.75 Å². The lowest BCUT2D eigenvalue weighted by atomic mass is 9.77. The zero-order valence-electron chi connectivity index (χ0n) is 8.59. The molecule has 2 heteroatoms. The van der Waals surface area contributed by atoms with E-state index in [1.165, 1.54) is 18.6 Å². The maximum absolute atomic E-state index is 5.91. The first-order valence-electron chi connectivity index (χ1n) is 4.90. The summed E-state index contributed by atoms with van der Waals surface area (Å²) in [7, 11) is 0. The van der Waals surface area contributed by atoms with Crippen molar-refractivity contribution in [1.29, 1.82) is 0 Å². The van der Waals surface area contributed by atoms with Crippen LogP contribution < -0.4 is 0 Å². The van der Waals surface area contributed by atoms with Gasteiger partial charge in [0.15, 0.2) is 0 Å². The van der Waals surface area contributed by atoms with E-state index in [9.17, 15) is 0 Å². The molecule has 0 spiro atoms. The van der Waals surface area contributed by atoms with Gasteiger partial charge in [0.05, 0.1) is 5.60 Å². The maximum atomic E-state index is 5.91. The van der Waals surface area contributed by atoms with Crippen molar-refractivity contribution >= 4 is 12.0 Å². The lowest BCUT2D eigenvalue weighted by Gasteiger charge is -2.42. The van der Waals surface area contributed by atoms with E-state index >= 15 is 0 Å². The Morgan fingerprint density at radius 1 is 1.17 bits per heavy atom. The molecule has 0 bridgehead atoms. The van der Waals surface area contributed by atoms with Gasteiger partial charge in [0.1, 0.15) is 0 Å². The van der Waals surface area contributed by atoms with Gasteiger partial charge in [-0.3, -0.25) is 0 Å². The zero-order valence-corrected chi connectivity index (χ0v) is 9.41. The van der Waals surface area contributed by atoms with Crippen LogP contribution in [0.15, 0.2) is 0 Å². The molecular weight excluding hydrogens is 168 g/mol. The number of rotatable bonds is 2. The minimum absolute atomic E-state index is 0.142. The Balaban J connectivity index is 2.70. The first-order valence-corrected chi connectivity index (χ1v) is 5.81. The molecule has 1 saturated heterocycles. The largest absolute Gasteiger partial charge is 0.308 e. The van der Waals surface area contributed by atoms with Crippen molar-refractivity contribution in [2.45, 2.75) is 46.1 Å².